The standard InChI is InChI=1S/C14H13N3O/c1-2-9-3-4-12-13(5-9)17-14(16-12)10-6-11(18)8-15-7-10/h3-8,18H,2H2,1H3,(H,16,17). The normalized spacial score (nSPS) is 10.9. The number of aromatic nitrogens is 3. The first-order valence-electron chi connectivity index (χ1n) is 5.89. The fourth-order valence-electron chi connectivity index (χ4n) is 1.97. The fraction of sp³-hybridized carbons (Fsp3) is 0.143. The van der Waals surface area contributed by atoms with Crippen molar-refractivity contribution in [3.63, 3.8) is 0 Å². The third-order valence-electron chi connectivity index (χ3n) is 2.95. The van der Waals surface area contributed by atoms with Gasteiger partial charge in [0, 0.05) is 11.8 Å². The first-order valence-corrected chi connectivity index (χ1v) is 5.89. The second kappa shape index (κ2) is 4.14. The van der Waals surface area contributed by atoms with Crippen molar-refractivity contribution < 1.29 is 5.11 Å². The Hall–Kier alpha value is -2.36. The lowest BCUT2D eigenvalue weighted by Crippen LogP contribution is -1.81. The van der Waals surface area contributed by atoms with Gasteiger partial charge in [-0.3, -0.25) is 4.98 Å². The highest BCUT2D eigenvalue weighted by Gasteiger charge is 2.06. The van der Waals surface area contributed by atoms with Crippen molar-refractivity contribution in [2.75, 3.05) is 0 Å². The molecule has 0 aliphatic carbocycles. The van der Waals surface area contributed by atoms with Crippen LogP contribution in [0.15, 0.2) is 36.7 Å². The van der Waals surface area contributed by atoms with Crippen molar-refractivity contribution >= 4 is 11.0 Å². The van der Waals surface area contributed by atoms with Gasteiger partial charge in [-0.15, -0.1) is 0 Å². The number of nitrogens with one attached hydrogen (secondary N) is 1. The van der Waals surface area contributed by atoms with E-state index in [1.807, 2.05) is 6.07 Å². The predicted octanol–water partition coefficient (Wildman–Crippen LogP) is 2.89. The molecule has 4 nitrogen and oxygen atoms in total. The van der Waals surface area contributed by atoms with Crippen LogP contribution < -0.4 is 0 Å². The zero-order valence-electron chi connectivity index (χ0n) is 10.0. The number of aromatic hydroxyl groups is 1. The molecule has 0 atom stereocenters. The molecular formula is C14H13N3O. The molecule has 4 heteroatoms. The SMILES string of the molecule is CCc1ccc2nc(-c3cncc(O)c3)[nH]c2c1. The second-order valence-electron chi connectivity index (χ2n) is 4.22. The molecule has 0 unspecified atom stereocenters. The fourth-order valence-corrected chi connectivity index (χ4v) is 1.97. The van der Waals surface area contributed by atoms with Crippen LogP contribution in [-0.2, 0) is 6.42 Å². The molecule has 0 saturated carbocycles. The Morgan fingerprint density at radius 2 is 2.11 bits per heavy atom. The lowest BCUT2D eigenvalue weighted by molar-refractivity contribution is 0.473. The molecule has 0 aliphatic rings. The molecule has 0 fully saturated rings. The summed E-state index contributed by atoms with van der Waals surface area (Å²) in [5.74, 6) is 0.865. The molecule has 1 aromatic carbocycles. The third kappa shape index (κ3) is 1.82. The van der Waals surface area contributed by atoms with E-state index in [2.05, 4.69) is 34.0 Å². The number of hydrogen-bond acceptors (Lipinski definition) is 3. The van der Waals surface area contributed by atoms with Crippen LogP contribution in [0.25, 0.3) is 22.4 Å². The predicted molar refractivity (Wildman–Crippen MR) is 70.4 cm³/mol. The molecule has 0 spiro atoms. The van der Waals surface area contributed by atoms with Gasteiger partial charge in [0.1, 0.15) is 11.6 Å². The van der Waals surface area contributed by atoms with Crippen molar-refractivity contribution in [2.24, 2.45) is 0 Å². The maximum Gasteiger partial charge on any atom is 0.140 e. The van der Waals surface area contributed by atoms with Crippen molar-refractivity contribution in [2.45, 2.75) is 13.3 Å². The molecule has 2 aromatic heterocycles. The molecule has 2 heterocycles. The Morgan fingerprint density at radius 3 is 2.89 bits per heavy atom. The van der Waals surface area contributed by atoms with E-state index in [9.17, 15) is 5.11 Å². The van der Waals surface area contributed by atoms with Crippen LogP contribution in [0.3, 0.4) is 0 Å². The van der Waals surface area contributed by atoms with Crippen molar-refractivity contribution in [3.05, 3.63) is 42.2 Å². The summed E-state index contributed by atoms with van der Waals surface area (Å²) in [5, 5.41) is 9.43. The van der Waals surface area contributed by atoms with E-state index in [4.69, 9.17) is 0 Å². The number of hydrogen-bond donors (Lipinski definition) is 2. The van der Waals surface area contributed by atoms with E-state index >= 15 is 0 Å². The summed E-state index contributed by atoms with van der Waals surface area (Å²) in [4.78, 5) is 11.7. The van der Waals surface area contributed by atoms with Gasteiger partial charge in [0.2, 0.25) is 0 Å². The number of fused-ring (bicyclic) bond motifs is 1. The summed E-state index contributed by atoms with van der Waals surface area (Å²) < 4.78 is 0. The van der Waals surface area contributed by atoms with Crippen molar-refractivity contribution in [1.29, 1.82) is 0 Å². The van der Waals surface area contributed by atoms with Crippen LogP contribution in [0.1, 0.15) is 12.5 Å². The quantitative estimate of drug-likeness (QED) is 0.722. The lowest BCUT2D eigenvalue weighted by atomic mass is 10.1. The van der Waals surface area contributed by atoms with Gasteiger partial charge in [-0.1, -0.05) is 13.0 Å². The molecule has 3 aromatic rings. The average molecular weight is 239 g/mol. The van der Waals surface area contributed by atoms with Gasteiger partial charge >= 0.3 is 0 Å². The molecular weight excluding hydrogens is 226 g/mol. The molecule has 2 N–H and O–H groups in total. The first kappa shape index (κ1) is 10.8. The Bertz CT molecular complexity index is 703. The second-order valence-corrected chi connectivity index (χ2v) is 4.22. The van der Waals surface area contributed by atoms with Gasteiger partial charge in [-0.2, -0.15) is 0 Å². The smallest absolute Gasteiger partial charge is 0.140 e. The van der Waals surface area contributed by atoms with Gasteiger partial charge in [-0.05, 0) is 30.2 Å². The number of benzene rings is 1. The number of aryl methyl sites for hydroxylation is 1. The minimum atomic E-state index is 0.141. The maximum atomic E-state index is 9.43. The molecule has 0 radical (unpaired) electrons. The molecule has 18 heavy (non-hydrogen) atoms. The van der Waals surface area contributed by atoms with Gasteiger partial charge < -0.3 is 10.1 Å². The Labute approximate surface area is 104 Å². The molecule has 0 aliphatic heterocycles. The maximum absolute atomic E-state index is 9.43. The van der Waals surface area contributed by atoms with Gasteiger partial charge in [0.15, 0.2) is 0 Å². The number of aromatic amines is 1. The molecule has 0 saturated heterocycles. The van der Waals surface area contributed by atoms with E-state index in [0.29, 0.717) is 0 Å². The van der Waals surface area contributed by atoms with E-state index < -0.39 is 0 Å². The van der Waals surface area contributed by atoms with E-state index in [1.165, 1.54) is 11.8 Å². The molecule has 0 amide bonds. The molecule has 0 bridgehead atoms. The lowest BCUT2D eigenvalue weighted by Gasteiger charge is -1.96. The highest BCUT2D eigenvalue weighted by molar-refractivity contribution is 5.80. The van der Waals surface area contributed by atoms with Crippen LogP contribution in [0.2, 0.25) is 0 Å². The number of H-pyrrole nitrogens is 1. The highest BCUT2D eigenvalue weighted by Crippen LogP contribution is 2.23. The third-order valence-corrected chi connectivity index (χ3v) is 2.95. The van der Waals surface area contributed by atoms with Crippen LogP contribution in [0.5, 0.6) is 5.75 Å². The average Bonchev–Trinajstić information content (AvgIpc) is 2.81. The summed E-state index contributed by atoms with van der Waals surface area (Å²) in [6.45, 7) is 2.12. The van der Waals surface area contributed by atoms with E-state index in [-0.39, 0.29) is 5.75 Å². The van der Waals surface area contributed by atoms with Crippen LogP contribution in [-0.4, -0.2) is 20.1 Å². The van der Waals surface area contributed by atoms with E-state index in [1.54, 1.807) is 12.3 Å². The summed E-state index contributed by atoms with van der Waals surface area (Å²) in [7, 11) is 0. The minimum absolute atomic E-state index is 0.141. The molecule has 3 rings (SSSR count). The Kier molecular flexibility index (Phi) is 2.48. The zero-order valence-corrected chi connectivity index (χ0v) is 10.0. The monoisotopic (exact) mass is 239 g/mol. The Morgan fingerprint density at radius 1 is 1.22 bits per heavy atom. The largest absolute Gasteiger partial charge is 0.506 e. The minimum Gasteiger partial charge on any atom is -0.506 e. The number of rotatable bonds is 2. The zero-order chi connectivity index (χ0) is 12.5. The topological polar surface area (TPSA) is 61.8 Å². The van der Waals surface area contributed by atoms with Gasteiger partial charge in [0.05, 0.1) is 17.2 Å². The highest BCUT2D eigenvalue weighted by atomic mass is 16.3. The number of pyridine rings is 1. The van der Waals surface area contributed by atoms with Crippen molar-refractivity contribution in [3.8, 4) is 17.1 Å². The molecule has 90 valence electrons. The van der Waals surface area contributed by atoms with Crippen molar-refractivity contribution in [1.82, 2.24) is 15.0 Å². The summed E-state index contributed by atoms with van der Waals surface area (Å²) >= 11 is 0. The van der Waals surface area contributed by atoms with Crippen LogP contribution in [0, 0.1) is 0 Å². The first-order chi connectivity index (χ1) is 8.76. The van der Waals surface area contributed by atoms with E-state index in [0.717, 1.165) is 28.8 Å². The number of nitrogens with zero attached hydrogens (tertiary/aromatic N) is 2. The summed E-state index contributed by atoms with van der Waals surface area (Å²) in [5.41, 5.74) is 3.98. The summed E-state index contributed by atoms with van der Waals surface area (Å²) in [6.07, 6.45) is 4.08. The van der Waals surface area contributed by atoms with Crippen LogP contribution in [0.4, 0.5) is 0 Å². The Balaban J connectivity index is 2.13. The number of imidazole rings is 1. The van der Waals surface area contributed by atoms with Gasteiger partial charge in [0.25, 0.3) is 0 Å². The van der Waals surface area contributed by atoms with Gasteiger partial charge in [-0.25, -0.2) is 4.98 Å². The summed E-state index contributed by atoms with van der Waals surface area (Å²) in [6, 6.07) is 7.82. The van der Waals surface area contributed by atoms with Crippen LogP contribution >= 0.6 is 0 Å².